The van der Waals surface area contributed by atoms with Crippen LogP contribution in [0.3, 0.4) is 0 Å². The highest BCUT2D eigenvalue weighted by atomic mass is 127. The molecule has 0 heterocycles. The summed E-state index contributed by atoms with van der Waals surface area (Å²) in [5.41, 5.74) is 10.5. The Kier molecular flexibility index (Phi) is 108. The SMILES string of the molecule is C=C(N)CN.CN(C)C.CNC=O.I.I.I.I. The van der Waals surface area contributed by atoms with Crippen molar-refractivity contribution in [3.05, 3.63) is 12.3 Å². The molecule has 0 aromatic rings. The minimum Gasteiger partial charge on any atom is -0.401 e. The standard InChI is InChI=1S/C3H8N2.C3H9N.C2H5NO.4HI/c1-3(5)2-4;1-4(2)3;1-3-2-4;;;;/h1-2,4-5H2;1-3H3;2H,1H3,(H,3,4);4*1H. The quantitative estimate of drug-likeness (QED) is 0.301. The second-order valence-electron chi connectivity index (χ2n) is 2.61. The zero-order valence-corrected chi connectivity index (χ0v) is 20.0. The van der Waals surface area contributed by atoms with Crippen molar-refractivity contribution in [2.24, 2.45) is 11.5 Å². The number of halogens is 4. The van der Waals surface area contributed by atoms with Gasteiger partial charge in [0.2, 0.25) is 6.41 Å². The van der Waals surface area contributed by atoms with Gasteiger partial charge in [-0.2, -0.15) is 0 Å². The molecular formula is C8H26I4N4O. The molecule has 0 aliphatic carbocycles. The molecular weight excluding hydrogens is 676 g/mol. The van der Waals surface area contributed by atoms with Crippen molar-refractivity contribution >= 4 is 102 Å². The number of carbonyl (C=O) groups is 1. The molecule has 0 aliphatic rings. The average Bonchev–Trinajstić information content (AvgIpc) is 2.04. The van der Waals surface area contributed by atoms with E-state index in [4.69, 9.17) is 16.3 Å². The molecule has 0 aliphatic heterocycles. The second-order valence-corrected chi connectivity index (χ2v) is 2.61. The fraction of sp³-hybridized carbons (Fsp3) is 0.625. The predicted octanol–water partition coefficient (Wildman–Crippen LogP) is 1.43. The van der Waals surface area contributed by atoms with Gasteiger partial charge in [0.1, 0.15) is 0 Å². The summed E-state index contributed by atoms with van der Waals surface area (Å²) in [5, 5.41) is 2.25. The van der Waals surface area contributed by atoms with E-state index in [-0.39, 0.29) is 95.9 Å². The topological polar surface area (TPSA) is 84.4 Å². The summed E-state index contributed by atoms with van der Waals surface area (Å²) in [7, 11) is 7.56. The Hall–Kier alpha value is 1.85. The summed E-state index contributed by atoms with van der Waals surface area (Å²) >= 11 is 0. The number of nitrogens with one attached hydrogen (secondary N) is 1. The van der Waals surface area contributed by atoms with Crippen LogP contribution in [0.5, 0.6) is 0 Å². The largest absolute Gasteiger partial charge is 0.401 e. The van der Waals surface area contributed by atoms with Gasteiger partial charge in [-0.1, -0.05) is 6.58 Å². The second kappa shape index (κ2) is 43.1. The van der Waals surface area contributed by atoms with E-state index >= 15 is 0 Å². The Morgan fingerprint density at radius 1 is 1.24 bits per heavy atom. The van der Waals surface area contributed by atoms with Gasteiger partial charge in [0, 0.05) is 19.3 Å². The summed E-state index contributed by atoms with van der Waals surface area (Å²) in [6, 6.07) is 0. The van der Waals surface area contributed by atoms with E-state index in [2.05, 4.69) is 11.9 Å². The van der Waals surface area contributed by atoms with E-state index in [9.17, 15) is 0 Å². The molecule has 0 saturated heterocycles. The highest BCUT2D eigenvalue weighted by Gasteiger charge is 1.67. The maximum absolute atomic E-state index is 9.06. The number of rotatable bonds is 2. The van der Waals surface area contributed by atoms with Gasteiger partial charge in [-0.25, -0.2) is 0 Å². The summed E-state index contributed by atoms with van der Waals surface area (Å²) in [6.45, 7) is 3.72. The van der Waals surface area contributed by atoms with Gasteiger partial charge in [-0.15, -0.1) is 95.9 Å². The molecule has 0 radical (unpaired) electrons. The van der Waals surface area contributed by atoms with Crippen LogP contribution in [0, 0.1) is 0 Å². The first kappa shape index (κ1) is 42.8. The molecule has 9 heteroatoms. The van der Waals surface area contributed by atoms with Crippen molar-refractivity contribution < 1.29 is 4.79 Å². The molecule has 0 aromatic heterocycles. The van der Waals surface area contributed by atoms with Crippen molar-refractivity contribution in [3.63, 3.8) is 0 Å². The van der Waals surface area contributed by atoms with E-state index < -0.39 is 0 Å². The maximum atomic E-state index is 9.06. The van der Waals surface area contributed by atoms with E-state index in [0.29, 0.717) is 18.7 Å². The summed E-state index contributed by atoms with van der Waals surface area (Å²) < 4.78 is 0. The van der Waals surface area contributed by atoms with E-state index in [1.807, 2.05) is 26.0 Å². The fourth-order valence-corrected chi connectivity index (χ4v) is 0. The number of hydrogen-bond donors (Lipinski definition) is 3. The fourth-order valence-electron chi connectivity index (χ4n) is 0. The third-order valence-corrected chi connectivity index (χ3v) is 0.380. The lowest BCUT2D eigenvalue weighted by Gasteiger charge is -1.90. The Bertz CT molecular complexity index is 125. The highest BCUT2D eigenvalue weighted by Crippen LogP contribution is 1.59. The zero-order chi connectivity index (χ0) is 11.3. The molecule has 0 bridgehead atoms. The lowest BCUT2D eigenvalue weighted by Crippen LogP contribution is -2.08. The maximum Gasteiger partial charge on any atom is 0.206 e. The first-order valence-electron chi connectivity index (χ1n) is 3.77. The van der Waals surface area contributed by atoms with Gasteiger partial charge < -0.3 is 21.7 Å². The molecule has 0 spiro atoms. The van der Waals surface area contributed by atoms with Crippen LogP contribution in [-0.2, 0) is 4.79 Å². The third kappa shape index (κ3) is 191. The first-order valence-corrected chi connectivity index (χ1v) is 3.77. The van der Waals surface area contributed by atoms with Crippen LogP contribution in [0.4, 0.5) is 0 Å². The lowest BCUT2D eigenvalue weighted by atomic mass is 10.5. The van der Waals surface area contributed by atoms with Crippen molar-refractivity contribution in [1.29, 1.82) is 0 Å². The van der Waals surface area contributed by atoms with Gasteiger partial charge >= 0.3 is 0 Å². The molecule has 17 heavy (non-hydrogen) atoms. The minimum absolute atomic E-state index is 0. The van der Waals surface area contributed by atoms with E-state index in [1.165, 1.54) is 0 Å². The molecule has 1 amide bonds. The number of hydrogen-bond acceptors (Lipinski definition) is 4. The van der Waals surface area contributed by atoms with Gasteiger partial charge in [0.15, 0.2) is 0 Å². The summed E-state index contributed by atoms with van der Waals surface area (Å²) in [4.78, 5) is 11.1. The van der Waals surface area contributed by atoms with E-state index in [0.717, 1.165) is 0 Å². The van der Waals surface area contributed by atoms with Gasteiger partial charge in [-0.3, -0.25) is 4.79 Å². The van der Waals surface area contributed by atoms with Crippen molar-refractivity contribution in [3.8, 4) is 0 Å². The van der Waals surface area contributed by atoms with Crippen LogP contribution in [0.2, 0.25) is 0 Å². The Labute approximate surface area is 173 Å². The summed E-state index contributed by atoms with van der Waals surface area (Å²) in [5.74, 6) is 0. The van der Waals surface area contributed by atoms with Crippen LogP contribution >= 0.6 is 95.9 Å². The molecule has 0 atom stereocenters. The van der Waals surface area contributed by atoms with E-state index in [1.54, 1.807) is 7.05 Å². The number of nitrogens with two attached hydrogens (primary N) is 2. The van der Waals surface area contributed by atoms with Crippen molar-refractivity contribution in [2.75, 3.05) is 34.7 Å². The average molecular weight is 702 g/mol. The molecule has 0 unspecified atom stereocenters. The van der Waals surface area contributed by atoms with Crippen LogP contribution in [0.15, 0.2) is 12.3 Å². The van der Waals surface area contributed by atoms with Crippen molar-refractivity contribution in [1.82, 2.24) is 10.2 Å². The normalized spacial score (nSPS) is 5.53. The van der Waals surface area contributed by atoms with Crippen LogP contribution in [0.1, 0.15) is 0 Å². The molecule has 0 rings (SSSR count). The van der Waals surface area contributed by atoms with Gasteiger partial charge in [-0.05, 0) is 21.1 Å². The lowest BCUT2D eigenvalue weighted by molar-refractivity contribution is -0.109. The number of nitrogens with zero attached hydrogens (tertiary/aromatic N) is 1. The number of amides is 1. The summed E-state index contributed by atoms with van der Waals surface area (Å²) in [6.07, 6.45) is 0.625. The first-order chi connectivity index (χ1) is 5.92. The third-order valence-electron chi connectivity index (χ3n) is 0.380. The smallest absolute Gasteiger partial charge is 0.206 e. The minimum atomic E-state index is 0. The van der Waals surface area contributed by atoms with Crippen LogP contribution in [0.25, 0.3) is 0 Å². The zero-order valence-electron chi connectivity index (χ0n) is 10.6. The Morgan fingerprint density at radius 2 is 1.35 bits per heavy atom. The molecule has 0 aromatic carbocycles. The predicted molar refractivity (Wildman–Crippen MR) is 119 cm³/mol. The molecule has 5 nitrogen and oxygen atoms in total. The molecule has 112 valence electrons. The monoisotopic (exact) mass is 702 g/mol. The van der Waals surface area contributed by atoms with Gasteiger partial charge in [0.05, 0.1) is 0 Å². The van der Waals surface area contributed by atoms with Gasteiger partial charge in [0.25, 0.3) is 0 Å². The molecule has 0 saturated carbocycles. The Balaban J connectivity index is -0.0000000159. The van der Waals surface area contributed by atoms with Crippen LogP contribution in [-0.4, -0.2) is 46.0 Å². The molecule has 5 N–H and O–H groups in total. The van der Waals surface area contributed by atoms with Crippen LogP contribution < -0.4 is 16.8 Å². The molecule has 0 fully saturated rings. The highest BCUT2D eigenvalue weighted by molar-refractivity contribution is 14.0. The Morgan fingerprint density at radius 3 is 1.35 bits per heavy atom. The van der Waals surface area contributed by atoms with Crippen molar-refractivity contribution in [2.45, 2.75) is 0 Å². The number of carbonyl (C=O) groups excluding carboxylic acids is 1.